The minimum atomic E-state index is -0.0273. The lowest BCUT2D eigenvalue weighted by Crippen LogP contribution is -2.03. The van der Waals surface area contributed by atoms with Crippen molar-refractivity contribution in [3.05, 3.63) is 44.5 Å². The average Bonchev–Trinajstić information content (AvgIpc) is 2.60. The van der Waals surface area contributed by atoms with Crippen molar-refractivity contribution in [2.75, 3.05) is 11.1 Å². The number of rotatable bonds is 3. The third-order valence-corrected chi connectivity index (χ3v) is 2.87. The Morgan fingerprint density at radius 2 is 2.25 bits per heavy atom. The first-order valence-corrected chi connectivity index (χ1v) is 5.79. The lowest BCUT2D eigenvalue weighted by Gasteiger charge is -2.07. The van der Waals surface area contributed by atoms with Crippen LogP contribution in [0.4, 0.5) is 11.4 Å². The lowest BCUT2D eigenvalue weighted by atomic mass is 10.2. The lowest BCUT2D eigenvalue weighted by molar-refractivity contribution is 1.06. The first-order valence-electron chi connectivity index (χ1n) is 4.91. The molecule has 0 aliphatic heterocycles. The molecule has 0 atom stereocenters. The van der Waals surface area contributed by atoms with E-state index < -0.39 is 0 Å². The molecule has 2 aromatic rings. The van der Waals surface area contributed by atoms with Crippen molar-refractivity contribution in [3.63, 3.8) is 0 Å². The highest BCUT2D eigenvalue weighted by Gasteiger charge is 1.98. The predicted molar refractivity (Wildman–Crippen MR) is 67.9 cm³/mol. The van der Waals surface area contributed by atoms with Gasteiger partial charge in [0.25, 0.3) is 0 Å². The monoisotopic (exact) mass is 235 g/mol. The molecule has 1 heterocycles. The van der Waals surface area contributed by atoms with Crippen LogP contribution in [0.3, 0.4) is 0 Å². The quantitative estimate of drug-likeness (QED) is 0.712. The fourth-order valence-corrected chi connectivity index (χ4v) is 2.09. The van der Waals surface area contributed by atoms with Gasteiger partial charge in [0.15, 0.2) is 0 Å². The zero-order valence-corrected chi connectivity index (χ0v) is 9.73. The van der Waals surface area contributed by atoms with Crippen LogP contribution in [0.5, 0.6) is 0 Å². The van der Waals surface area contributed by atoms with E-state index in [1.165, 1.54) is 11.3 Å². The highest BCUT2D eigenvalue weighted by Crippen LogP contribution is 2.16. The minimum absolute atomic E-state index is 0.0273. The second-order valence-electron chi connectivity index (χ2n) is 3.66. The van der Waals surface area contributed by atoms with Gasteiger partial charge < -0.3 is 16.0 Å². The van der Waals surface area contributed by atoms with Gasteiger partial charge in [0.1, 0.15) is 0 Å². The van der Waals surface area contributed by atoms with E-state index in [2.05, 4.69) is 10.3 Å². The van der Waals surface area contributed by atoms with E-state index in [-0.39, 0.29) is 4.87 Å². The van der Waals surface area contributed by atoms with Gasteiger partial charge >= 0.3 is 4.87 Å². The summed E-state index contributed by atoms with van der Waals surface area (Å²) in [5.41, 5.74) is 9.43. The van der Waals surface area contributed by atoms with Crippen LogP contribution in [0.25, 0.3) is 0 Å². The highest BCUT2D eigenvalue weighted by molar-refractivity contribution is 7.07. The molecule has 0 radical (unpaired) electrons. The first kappa shape index (κ1) is 10.8. The molecule has 0 bridgehead atoms. The summed E-state index contributed by atoms with van der Waals surface area (Å²) in [4.78, 5) is 13.6. The van der Waals surface area contributed by atoms with Crippen LogP contribution >= 0.6 is 11.3 Å². The first-order chi connectivity index (χ1) is 7.63. The van der Waals surface area contributed by atoms with Gasteiger partial charge in [-0.3, -0.25) is 4.79 Å². The van der Waals surface area contributed by atoms with Crippen molar-refractivity contribution in [3.8, 4) is 0 Å². The topological polar surface area (TPSA) is 70.9 Å². The number of thiazole rings is 1. The van der Waals surface area contributed by atoms with Crippen LogP contribution in [0.2, 0.25) is 0 Å². The van der Waals surface area contributed by atoms with Gasteiger partial charge in [-0.15, -0.1) is 0 Å². The van der Waals surface area contributed by atoms with Gasteiger partial charge in [0, 0.05) is 22.4 Å². The summed E-state index contributed by atoms with van der Waals surface area (Å²) in [6, 6.07) is 5.80. The number of nitrogens with two attached hydrogens (primary N) is 1. The number of aryl methyl sites for hydroxylation is 1. The molecular weight excluding hydrogens is 222 g/mol. The number of aromatic nitrogens is 1. The molecule has 84 valence electrons. The van der Waals surface area contributed by atoms with Gasteiger partial charge in [-0.1, -0.05) is 11.3 Å². The summed E-state index contributed by atoms with van der Waals surface area (Å²) in [7, 11) is 0. The molecule has 4 nitrogen and oxygen atoms in total. The molecule has 5 heteroatoms. The molecule has 0 unspecified atom stereocenters. The van der Waals surface area contributed by atoms with Crippen LogP contribution in [0, 0.1) is 6.92 Å². The molecule has 1 aromatic carbocycles. The van der Waals surface area contributed by atoms with E-state index >= 15 is 0 Å². The van der Waals surface area contributed by atoms with Crippen molar-refractivity contribution in [1.82, 2.24) is 4.98 Å². The molecule has 0 fully saturated rings. The van der Waals surface area contributed by atoms with Crippen LogP contribution in [-0.2, 0) is 6.54 Å². The molecule has 0 saturated carbocycles. The van der Waals surface area contributed by atoms with Gasteiger partial charge in [-0.25, -0.2) is 0 Å². The smallest absolute Gasteiger partial charge is 0.304 e. The van der Waals surface area contributed by atoms with E-state index in [4.69, 9.17) is 5.73 Å². The van der Waals surface area contributed by atoms with Crippen molar-refractivity contribution in [2.45, 2.75) is 13.5 Å². The number of nitrogen functional groups attached to an aromatic ring is 1. The number of aromatic amines is 1. The third kappa shape index (κ3) is 2.64. The van der Waals surface area contributed by atoms with Gasteiger partial charge in [-0.2, -0.15) is 0 Å². The average molecular weight is 235 g/mol. The van der Waals surface area contributed by atoms with Gasteiger partial charge in [0.2, 0.25) is 0 Å². The van der Waals surface area contributed by atoms with E-state index in [1.807, 2.05) is 30.5 Å². The Balaban J connectivity index is 2.07. The molecule has 2 rings (SSSR count). The summed E-state index contributed by atoms with van der Waals surface area (Å²) in [6.45, 7) is 2.59. The third-order valence-electron chi connectivity index (χ3n) is 2.15. The molecule has 0 aliphatic rings. The molecule has 0 amide bonds. The number of hydrogen-bond acceptors (Lipinski definition) is 4. The fraction of sp³-hybridized carbons (Fsp3) is 0.182. The Labute approximate surface area is 97.1 Å². The number of benzene rings is 1. The number of hydrogen-bond donors (Lipinski definition) is 3. The van der Waals surface area contributed by atoms with Crippen LogP contribution < -0.4 is 15.9 Å². The summed E-state index contributed by atoms with van der Waals surface area (Å²) in [6.07, 6.45) is 0. The fourth-order valence-electron chi connectivity index (χ4n) is 1.51. The number of nitrogens with one attached hydrogen (secondary N) is 2. The van der Waals surface area contributed by atoms with Crippen molar-refractivity contribution in [2.24, 2.45) is 0 Å². The normalized spacial score (nSPS) is 10.3. The maximum Gasteiger partial charge on any atom is 0.304 e. The van der Waals surface area contributed by atoms with Crippen LogP contribution in [-0.4, -0.2) is 4.98 Å². The van der Waals surface area contributed by atoms with Gasteiger partial charge in [-0.05, 0) is 30.7 Å². The van der Waals surface area contributed by atoms with Crippen molar-refractivity contribution >= 4 is 22.7 Å². The SMILES string of the molecule is Cc1cc(N)cc(NCc2csc(=O)[nH]2)c1. The second kappa shape index (κ2) is 4.40. The highest BCUT2D eigenvalue weighted by atomic mass is 32.1. The standard InChI is InChI=1S/C11H13N3OS/c1-7-2-8(12)4-9(3-7)13-5-10-6-16-11(15)14-10/h2-4,6,13H,5,12H2,1H3,(H,14,15). The Hall–Kier alpha value is -1.75. The van der Waals surface area contributed by atoms with E-state index in [0.29, 0.717) is 6.54 Å². The minimum Gasteiger partial charge on any atom is -0.399 e. The van der Waals surface area contributed by atoms with Crippen molar-refractivity contribution in [1.29, 1.82) is 0 Å². The number of anilines is 2. The largest absolute Gasteiger partial charge is 0.399 e. The summed E-state index contributed by atoms with van der Waals surface area (Å²) in [5.74, 6) is 0. The molecule has 0 spiro atoms. The molecule has 4 N–H and O–H groups in total. The second-order valence-corrected chi connectivity index (χ2v) is 4.50. The molecule has 1 aromatic heterocycles. The Morgan fingerprint density at radius 3 is 2.88 bits per heavy atom. The van der Waals surface area contributed by atoms with Gasteiger partial charge in [0.05, 0.1) is 6.54 Å². The summed E-state index contributed by atoms with van der Waals surface area (Å²) < 4.78 is 0. The zero-order chi connectivity index (χ0) is 11.5. The van der Waals surface area contributed by atoms with E-state index in [0.717, 1.165) is 22.6 Å². The molecule has 0 saturated heterocycles. The van der Waals surface area contributed by atoms with E-state index in [1.54, 1.807) is 0 Å². The Kier molecular flexibility index (Phi) is 2.96. The Morgan fingerprint density at radius 1 is 1.44 bits per heavy atom. The maximum absolute atomic E-state index is 10.9. The predicted octanol–water partition coefficient (Wildman–Crippen LogP) is 1.94. The molecule has 0 aliphatic carbocycles. The van der Waals surface area contributed by atoms with Crippen LogP contribution in [0.15, 0.2) is 28.4 Å². The molecular formula is C11H13N3OS. The summed E-state index contributed by atoms with van der Waals surface area (Å²) in [5, 5.41) is 5.03. The molecule has 16 heavy (non-hydrogen) atoms. The Bertz CT molecular complexity index is 524. The van der Waals surface area contributed by atoms with E-state index in [9.17, 15) is 4.79 Å². The zero-order valence-electron chi connectivity index (χ0n) is 8.91. The summed E-state index contributed by atoms with van der Waals surface area (Å²) >= 11 is 1.17. The number of H-pyrrole nitrogens is 1. The van der Waals surface area contributed by atoms with Crippen molar-refractivity contribution < 1.29 is 0 Å². The van der Waals surface area contributed by atoms with Crippen LogP contribution in [0.1, 0.15) is 11.3 Å². The maximum atomic E-state index is 10.9.